The first kappa shape index (κ1) is 11.3. The molecule has 0 spiro atoms. The van der Waals surface area contributed by atoms with Gasteiger partial charge in [0.1, 0.15) is 10.9 Å². The molecule has 0 aromatic carbocycles. The summed E-state index contributed by atoms with van der Waals surface area (Å²) in [6.45, 7) is 0.850. The van der Waals surface area contributed by atoms with Gasteiger partial charge in [0, 0.05) is 5.41 Å². The maximum Gasteiger partial charge on any atom is 0.137 e. The lowest BCUT2D eigenvalue weighted by Crippen LogP contribution is -2.38. The highest BCUT2D eigenvalue weighted by Crippen LogP contribution is 2.50. The molecule has 17 heavy (non-hydrogen) atoms. The topological polar surface area (TPSA) is 22.1 Å². The SMILES string of the molecule is Clc1ccc(OCC23CCC(CC2)CC3)cn1. The van der Waals surface area contributed by atoms with Crippen molar-refractivity contribution in [3.8, 4) is 5.75 Å². The molecular weight excluding hydrogens is 234 g/mol. The molecule has 3 aliphatic carbocycles. The summed E-state index contributed by atoms with van der Waals surface area (Å²) in [6.07, 6.45) is 9.97. The molecule has 3 fully saturated rings. The summed E-state index contributed by atoms with van der Waals surface area (Å²) in [5.74, 6) is 1.85. The number of fused-ring (bicyclic) bond motifs is 3. The fraction of sp³-hybridized carbons (Fsp3) is 0.643. The van der Waals surface area contributed by atoms with E-state index in [4.69, 9.17) is 16.3 Å². The van der Waals surface area contributed by atoms with Gasteiger partial charge in [0.25, 0.3) is 0 Å². The van der Waals surface area contributed by atoms with Crippen LogP contribution in [-0.2, 0) is 0 Å². The van der Waals surface area contributed by atoms with E-state index in [2.05, 4.69) is 4.98 Å². The van der Waals surface area contributed by atoms with E-state index < -0.39 is 0 Å². The van der Waals surface area contributed by atoms with Gasteiger partial charge in [-0.3, -0.25) is 0 Å². The van der Waals surface area contributed by atoms with Crippen molar-refractivity contribution in [2.24, 2.45) is 11.3 Å². The Balaban J connectivity index is 1.61. The first-order valence-corrected chi connectivity index (χ1v) is 6.88. The lowest BCUT2D eigenvalue weighted by molar-refractivity contribution is 0.0190. The van der Waals surface area contributed by atoms with E-state index in [1.807, 2.05) is 6.07 Å². The Kier molecular flexibility index (Phi) is 2.99. The van der Waals surface area contributed by atoms with Crippen molar-refractivity contribution in [1.29, 1.82) is 0 Å². The average Bonchev–Trinajstić information content (AvgIpc) is 2.40. The van der Waals surface area contributed by atoms with Crippen LogP contribution in [0, 0.1) is 11.3 Å². The van der Waals surface area contributed by atoms with Gasteiger partial charge < -0.3 is 4.74 Å². The van der Waals surface area contributed by atoms with Crippen molar-refractivity contribution < 1.29 is 4.74 Å². The van der Waals surface area contributed by atoms with Crippen LogP contribution in [0.25, 0.3) is 0 Å². The Morgan fingerprint density at radius 3 is 2.53 bits per heavy atom. The minimum Gasteiger partial charge on any atom is -0.491 e. The molecule has 0 unspecified atom stereocenters. The molecule has 1 aromatic heterocycles. The summed E-state index contributed by atoms with van der Waals surface area (Å²) >= 11 is 5.75. The van der Waals surface area contributed by atoms with Crippen LogP contribution in [0.15, 0.2) is 18.3 Å². The highest BCUT2D eigenvalue weighted by atomic mass is 35.5. The minimum absolute atomic E-state index is 0.453. The number of ether oxygens (including phenoxy) is 1. The number of halogens is 1. The van der Waals surface area contributed by atoms with Gasteiger partial charge in [0.2, 0.25) is 0 Å². The van der Waals surface area contributed by atoms with Crippen molar-refractivity contribution in [1.82, 2.24) is 4.98 Å². The van der Waals surface area contributed by atoms with E-state index in [0.29, 0.717) is 10.6 Å². The highest BCUT2D eigenvalue weighted by Gasteiger charge is 2.40. The molecule has 2 bridgehead atoms. The van der Waals surface area contributed by atoms with E-state index in [1.165, 1.54) is 38.5 Å². The Bertz CT molecular complexity index is 368. The third-order valence-electron chi connectivity index (χ3n) is 4.49. The minimum atomic E-state index is 0.453. The predicted octanol–water partition coefficient (Wildman–Crippen LogP) is 4.08. The zero-order valence-electron chi connectivity index (χ0n) is 9.99. The van der Waals surface area contributed by atoms with Gasteiger partial charge in [-0.05, 0) is 56.6 Å². The van der Waals surface area contributed by atoms with E-state index in [-0.39, 0.29) is 0 Å². The summed E-state index contributed by atoms with van der Waals surface area (Å²) < 4.78 is 5.90. The molecule has 3 saturated carbocycles. The number of rotatable bonds is 3. The van der Waals surface area contributed by atoms with Crippen molar-refractivity contribution in [2.75, 3.05) is 6.61 Å². The Labute approximate surface area is 107 Å². The average molecular weight is 252 g/mol. The molecule has 0 saturated heterocycles. The molecule has 0 aliphatic heterocycles. The number of nitrogens with zero attached hydrogens (tertiary/aromatic N) is 1. The van der Waals surface area contributed by atoms with Crippen LogP contribution in [-0.4, -0.2) is 11.6 Å². The molecule has 0 atom stereocenters. The second kappa shape index (κ2) is 4.49. The molecule has 2 nitrogen and oxygen atoms in total. The zero-order valence-corrected chi connectivity index (χ0v) is 10.7. The molecule has 92 valence electrons. The van der Waals surface area contributed by atoms with Crippen molar-refractivity contribution in [3.05, 3.63) is 23.5 Å². The molecule has 0 amide bonds. The monoisotopic (exact) mass is 251 g/mol. The zero-order chi connectivity index (χ0) is 11.7. The third kappa shape index (κ3) is 2.42. The molecule has 1 heterocycles. The Hall–Kier alpha value is -0.760. The predicted molar refractivity (Wildman–Crippen MR) is 68.4 cm³/mol. The number of hydrogen-bond donors (Lipinski definition) is 0. The van der Waals surface area contributed by atoms with E-state index in [1.54, 1.807) is 12.3 Å². The second-order valence-corrected chi connectivity index (χ2v) is 5.97. The molecular formula is C14H18ClNO. The van der Waals surface area contributed by atoms with Gasteiger partial charge in [-0.2, -0.15) is 0 Å². The maximum absolute atomic E-state index is 5.90. The van der Waals surface area contributed by atoms with Crippen LogP contribution < -0.4 is 4.74 Å². The summed E-state index contributed by atoms with van der Waals surface area (Å²) in [5.41, 5.74) is 0.453. The van der Waals surface area contributed by atoms with E-state index in [0.717, 1.165) is 18.3 Å². The maximum atomic E-state index is 5.90. The van der Waals surface area contributed by atoms with Crippen LogP contribution in [0.2, 0.25) is 5.15 Å². The van der Waals surface area contributed by atoms with Crippen molar-refractivity contribution >= 4 is 11.6 Å². The smallest absolute Gasteiger partial charge is 0.137 e. The standard InChI is InChI=1S/C14H18ClNO/c15-13-2-1-12(9-16-13)17-10-14-6-3-11(4-7-14)5-8-14/h1-2,9,11H,3-8,10H2. The fourth-order valence-corrected chi connectivity index (χ4v) is 3.35. The van der Waals surface area contributed by atoms with Gasteiger partial charge in [0.05, 0.1) is 12.8 Å². The van der Waals surface area contributed by atoms with Gasteiger partial charge in [0.15, 0.2) is 0 Å². The highest BCUT2D eigenvalue weighted by molar-refractivity contribution is 6.29. The first-order chi connectivity index (χ1) is 8.26. The molecule has 1 aromatic rings. The van der Waals surface area contributed by atoms with E-state index >= 15 is 0 Å². The van der Waals surface area contributed by atoms with Gasteiger partial charge >= 0.3 is 0 Å². The van der Waals surface area contributed by atoms with Crippen LogP contribution in [0.3, 0.4) is 0 Å². The normalized spacial score (nSPS) is 31.5. The second-order valence-electron chi connectivity index (χ2n) is 5.59. The van der Waals surface area contributed by atoms with E-state index in [9.17, 15) is 0 Å². The summed E-state index contributed by atoms with van der Waals surface area (Å²) in [7, 11) is 0. The Morgan fingerprint density at radius 2 is 1.94 bits per heavy atom. The molecule has 4 rings (SSSR count). The molecule has 0 N–H and O–H groups in total. The van der Waals surface area contributed by atoms with Crippen LogP contribution in [0.5, 0.6) is 5.75 Å². The van der Waals surface area contributed by atoms with Crippen LogP contribution in [0.1, 0.15) is 38.5 Å². The number of pyridine rings is 1. The third-order valence-corrected chi connectivity index (χ3v) is 4.72. The summed E-state index contributed by atoms with van der Waals surface area (Å²) in [5, 5.41) is 0.522. The number of aromatic nitrogens is 1. The van der Waals surface area contributed by atoms with Gasteiger partial charge in [-0.25, -0.2) is 4.98 Å². The Morgan fingerprint density at radius 1 is 1.24 bits per heavy atom. The molecule has 0 radical (unpaired) electrons. The van der Waals surface area contributed by atoms with Crippen molar-refractivity contribution in [2.45, 2.75) is 38.5 Å². The van der Waals surface area contributed by atoms with Gasteiger partial charge in [-0.15, -0.1) is 0 Å². The van der Waals surface area contributed by atoms with Crippen LogP contribution >= 0.6 is 11.6 Å². The lowest BCUT2D eigenvalue weighted by Gasteiger charge is -2.46. The molecule has 3 heteroatoms. The largest absolute Gasteiger partial charge is 0.491 e. The van der Waals surface area contributed by atoms with Crippen molar-refractivity contribution in [3.63, 3.8) is 0 Å². The fourth-order valence-electron chi connectivity index (χ4n) is 3.24. The quantitative estimate of drug-likeness (QED) is 0.755. The van der Waals surface area contributed by atoms with Gasteiger partial charge in [-0.1, -0.05) is 11.6 Å². The van der Waals surface area contributed by atoms with Crippen LogP contribution in [0.4, 0.5) is 0 Å². The summed E-state index contributed by atoms with van der Waals surface area (Å²) in [4.78, 5) is 4.04. The lowest BCUT2D eigenvalue weighted by atomic mass is 9.61. The summed E-state index contributed by atoms with van der Waals surface area (Å²) in [6, 6.07) is 3.69. The number of hydrogen-bond acceptors (Lipinski definition) is 2. The molecule has 3 aliphatic rings. The first-order valence-electron chi connectivity index (χ1n) is 6.50.